The Morgan fingerprint density at radius 3 is 2.12 bits per heavy atom. The van der Waals surface area contributed by atoms with Gasteiger partial charge in [-0.2, -0.15) is 0 Å². The van der Waals surface area contributed by atoms with Gasteiger partial charge in [0.05, 0.1) is 30.7 Å². The SMILES string of the molecule is CS(=O)N(CC(C1CC1)N1C(=O)[C@@H](CC(=O)O)CC[C@H]1c1ccc(Cl)cc1)c1ccccc1F.Clc1ccccc1. The van der Waals surface area contributed by atoms with Gasteiger partial charge < -0.3 is 10.0 Å². The van der Waals surface area contributed by atoms with E-state index in [1.54, 1.807) is 35.2 Å². The van der Waals surface area contributed by atoms with Crippen molar-refractivity contribution < 1.29 is 23.3 Å². The van der Waals surface area contributed by atoms with Crippen molar-refractivity contribution in [1.29, 1.82) is 0 Å². The van der Waals surface area contributed by atoms with Gasteiger partial charge in [0.15, 0.2) is 0 Å². The van der Waals surface area contributed by atoms with Crippen LogP contribution in [0.2, 0.25) is 10.0 Å². The Morgan fingerprint density at radius 1 is 0.976 bits per heavy atom. The molecule has 3 aromatic carbocycles. The standard InChI is InChI=1S/C25H28ClFN2O4S.C6H5Cl/c1-34(33)28(22-5-3-2-4-20(22)27)15-23(17-6-7-17)29-21(16-8-11-19(26)12-9-16)13-10-18(25(29)32)14-24(30)31;7-6-4-2-1-3-5-6/h2-5,8-9,11-12,17-18,21,23H,6-7,10,13-15H2,1H3,(H,30,31);1-5H/t18-,21+,23?,34?;/m1./s1. The minimum absolute atomic E-state index is 0.181. The minimum atomic E-state index is -1.52. The predicted molar refractivity (Wildman–Crippen MR) is 162 cm³/mol. The zero-order valence-corrected chi connectivity index (χ0v) is 25.0. The number of piperidine rings is 1. The average molecular weight is 620 g/mol. The first-order chi connectivity index (χ1) is 19.7. The smallest absolute Gasteiger partial charge is 0.304 e. The largest absolute Gasteiger partial charge is 0.481 e. The number of carbonyl (C=O) groups excluding carboxylic acids is 1. The van der Waals surface area contributed by atoms with Crippen molar-refractivity contribution in [1.82, 2.24) is 4.90 Å². The fourth-order valence-corrected chi connectivity index (χ4v) is 6.38. The normalized spacial score (nSPS) is 20.0. The fraction of sp³-hybridized carbons (Fsp3) is 0.355. The van der Waals surface area contributed by atoms with Crippen molar-refractivity contribution >= 4 is 51.8 Å². The molecule has 2 unspecified atom stereocenters. The second-order valence-corrected chi connectivity index (χ2v) is 12.5. The summed E-state index contributed by atoms with van der Waals surface area (Å²) in [7, 11) is -1.52. The predicted octanol–water partition coefficient (Wildman–Crippen LogP) is 7.15. The lowest BCUT2D eigenvalue weighted by atomic mass is 9.84. The van der Waals surface area contributed by atoms with Crippen molar-refractivity contribution in [3.63, 3.8) is 0 Å². The van der Waals surface area contributed by atoms with Crippen LogP contribution in [0, 0.1) is 17.7 Å². The molecule has 0 spiro atoms. The van der Waals surface area contributed by atoms with E-state index in [4.69, 9.17) is 23.2 Å². The van der Waals surface area contributed by atoms with Crippen molar-refractivity contribution in [3.8, 4) is 0 Å². The number of halogens is 3. The number of para-hydroxylation sites is 1. The van der Waals surface area contributed by atoms with E-state index in [0.717, 1.165) is 23.4 Å². The second kappa shape index (κ2) is 14.3. The van der Waals surface area contributed by atoms with Gasteiger partial charge in [0, 0.05) is 22.2 Å². The first kappa shape index (κ1) is 31.0. The number of anilines is 1. The molecule has 0 radical (unpaired) electrons. The summed E-state index contributed by atoms with van der Waals surface area (Å²) in [5.41, 5.74) is 1.15. The van der Waals surface area contributed by atoms with Gasteiger partial charge in [0.2, 0.25) is 5.91 Å². The lowest BCUT2D eigenvalue weighted by molar-refractivity contribution is -0.151. The number of aliphatic carboxylic acids is 1. The summed E-state index contributed by atoms with van der Waals surface area (Å²) in [5.74, 6) is -2.12. The Kier molecular flexibility index (Phi) is 10.8. The quantitative estimate of drug-likeness (QED) is 0.276. The molecule has 41 heavy (non-hydrogen) atoms. The highest BCUT2D eigenvalue weighted by Gasteiger charge is 2.46. The lowest BCUT2D eigenvalue weighted by Crippen LogP contribution is -2.54. The molecule has 3 aromatic rings. The monoisotopic (exact) mass is 618 g/mol. The van der Waals surface area contributed by atoms with Gasteiger partial charge in [-0.3, -0.25) is 13.9 Å². The molecule has 1 saturated heterocycles. The van der Waals surface area contributed by atoms with Crippen molar-refractivity contribution in [3.05, 3.63) is 100 Å². The van der Waals surface area contributed by atoms with Crippen molar-refractivity contribution in [2.75, 3.05) is 17.1 Å². The molecular formula is C31H33Cl2FN2O4S. The van der Waals surface area contributed by atoms with Gasteiger partial charge >= 0.3 is 5.97 Å². The third-order valence-corrected chi connectivity index (χ3v) is 8.92. The number of hydrogen-bond acceptors (Lipinski definition) is 3. The zero-order valence-electron chi connectivity index (χ0n) is 22.7. The van der Waals surface area contributed by atoms with E-state index in [9.17, 15) is 23.3 Å². The maximum atomic E-state index is 14.6. The molecular weight excluding hydrogens is 586 g/mol. The maximum absolute atomic E-state index is 14.6. The highest BCUT2D eigenvalue weighted by Crippen LogP contribution is 2.44. The number of hydrogen-bond donors (Lipinski definition) is 1. The molecule has 1 aliphatic carbocycles. The zero-order chi connectivity index (χ0) is 29.5. The number of carboxylic acids is 1. The number of carbonyl (C=O) groups is 2. The van der Waals surface area contributed by atoms with Crippen molar-refractivity contribution in [2.24, 2.45) is 11.8 Å². The Labute approximate surface area is 252 Å². The van der Waals surface area contributed by atoms with Gasteiger partial charge in [0.25, 0.3) is 0 Å². The highest BCUT2D eigenvalue weighted by atomic mass is 35.5. The molecule has 0 aromatic heterocycles. The van der Waals surface area contributed by atoms with E-state index in [1.807, 2.05) is 42.5 Å². The van der Waals surface area contributed by atoms with E-state index in [-0.39, 0.29) is 42.6 Å². The Morgan fingerprint density at radius 2 is 1.59 bits per heavy atom. The number of benzene rings is 3. The number of carboxylic acid groups (broad SMARTS) is 1. The molecule has 0 bridgehead atoms. The summed E-state index contributed by atoms with van der Waals surface area (Å²) in [6, 6.07) is 22.4. The highest BCUT2D eigenvalue weighted by molar-refractivity contribution is 7.85. The van der Waals surface area contributed by atoms with Crippen LogP contribution in [-0.4, -0.2) is 44.9 Å². The third kappa shape index (κ3) is 8.31. The molecule has 1 amide bonds. The van der Waals surface area contributed by atoms with Crippen LogP contribution in [0.3, 0.4) is 0 Å². The molecule has 5 rings (SSSR count). The first-order valence-corrected chi connectivity index (χ1v) is 15.8. The van der Waals surface area contributed by atoms with Crippen LogP contribution in [0.5, 0.6) is 0 Å². The summed E-state index contributed by atoms with van der Waals surface area (Å²) in [5, 5.41) is 10.7. The first-order valence-electron chi connectivity index (χ1n) is 13.5. The average Bonchev–Trinajstić information content (AvgIpc) is 3.78. The van der Waals surface area contributed by atoms with Gasteiger partial charge in [-0.15, -0.1) is 0 Å². The van der Waals surface area contributed by atoms with Crippen LogP contribution in [0.1, 0.15) is 43.7 Å². The maximum Gasteiger partial charge on any atom is 0.304 e. The molecule has 6 nitrogen and oxygen atoms in total. The van der Waals surface area contributed by atoms with Crippen LogP contribution in [0.25, 0.3) is 0 Å². The third-order valence-electron chi connectivity index (χ3n) is 7.44. The summed E-state index contributed by atoms with van der Waals surface area (Å²) in [6.07, 6.45) is 4.18. The Bertz CT molecular complexity index is 1360. The second-order valence-electron chi connectivity index (χ2n) is 10.3. The number of amides is 1. The molecule has 2 aliphatic rings. The Hall–Kier alpha value is -2.94. The molecule has 1 heterocycles. The van der Waals surface area contributed by atoms with Crippen molar-refractivity contribution in [2.45, 2.75) is 44.2 Å². The number of nitrogens with zero attached hydrogens (tertiary/aromatic N) is 2. The van der Waals surface area contributed by atoms with Gasteiger partial charge in [-0.05, 0) is 73.6 Å². The molecule has 2 fully saturated rings. The van der Waals surface area contributed by atoms with E-state index in [2.05, 4.69) is 0 Å². The topological polar surface area (TPSA) is 77.9 Å². The summed E-state index contributed by atoms with van der Waals surface area (Å²) >= 11 is 11.6. The van der Waals surface area contributed by atoms with E-state index >= 15 is 0 Å². The summed E-state index contributed by atoms with van der Waals surface area (Å²) < 4.78 is 28.9. The minimum Gasteiger partial charge on any atom is -0.481 e. The van der Waals surface area contributed by atoms with E-state index in [0.29, 0.717) is 17.9 Å². The fourth-order valence-electron chi connectivity index (χ4n) is 5.32. The number of likely N-dealkylation sites (tertiary alicyclic amines) is 1. The summed E-state index contributed by atoms with van der Waals surface area (Å²) in [4.78, 5) is 27.0. The van der Waals surface area contributed by atoms with Crippen LogP contribution in [0.4, 0.5) is 10.1 Å². The van der Waals surface area contributed by atoms with E-state index < -0.39 is 28.7 Å². The van der Waals surface area contributed by atoms with E-state index in [1.165, 1.54) is 16.6 Å². The molecule has 218 valence electrons. The van der Waals surface area contributed by atoms with Gasteiger partial charge in [-0.1, -0.05) is 65.7 Å². The summed E-state index contributed by atoms with van der Waals surface area (Å²) in [6.45, 7) is 0.199. The van der Waals surface area contributed by atoms with Gasteiger partial charge in [0.1, 0.15) is 16.8 Å². The lowest BCUT2D eigenvalue weighted by Gasteiger charge is -2.45. The molecule has 10 heteroatoms. The van der Waals surface area contributed by atoms with Gasteiger partial charge in [-0.25, -0.2) is 8.60 Å². The molecule has 1 aliphatic heterocycles. The van der Waals surface area contributed by atoms with Crippen LogP contribution in [0.15, 0.2) is 78.9 Å². The van der Waals surface area contributed by atoms with Crippen LogP contribution in [-0.2, 0) is 20.6 Å². The molecule has 1 saturated carbocycles. The van der Waals surface area contributed by atoms with Crippen LogP contribution >= 0.6 is 23.2 Å². The molecule has 4 atom stereocenters. The van der Waals surface area contributed by atoms with Crippen LogP contribution < -0.4 is 4.31 Å². The number of rotatable bonds is 9. The Balaban J connectivity index is 0.000000483. The molecule has 1 N–H and O–H groups in total.